The van der Waals surface area contributed by atoms with Gasteiger partial charge in [-0.25, -0.2) is 0 Å². The fourth-order valence-electron chi connectivity index (χ4n) is 3.26. The number of aliphatic hydroxyl groups is 1. The van der Waals surface area contributed by atoms with Crippen molar-refractivity contribution in [2.24, 2.45) is 0 Å². The molecule has 1 heterocycles. The van der Waals surface area contributed by atoms with Crippen LogP contribution in [0.15, 0.2) is 48.7 Å². The highest BCUT2D eigenvalue weighted by Crippen LogP contribution is 2.31. The molecule has 116 valence electrons. The van der Waals surface area contributed by atoms with E-state index in [1.54, 1.807) is 6.20 Å². The first-order valence-electron chi connectivity index (χ1n) is 7.68. The van der Waals surface area contributed by atoms with Crippen LogP contribution in [0.2, 0.25) is 0 Å². The van der Waals surface area contributed by atoms with Crippen LogP contribution >= 0.6 is 0 Å². The molecule has 3 N–H and O–H groups in total. The molecular weight excluding hydrogens is 290 g/mol. The van der Waals surface area contributed by atoms with Crippen LogP contribution in [0, 0.1) is 0 Å². The number of aromatic nitrogens is 2. The Labute approximate surface area is 133 Å². The number of benzene rings is 2. The van der Waals surface area contributed by atoms with Gasteiger partial charge >= 0.3 is 0 Å². The van der Waals surface area contributed by atoms with Gasteiger partial charge in [0.2, 0.25) is 5.91 Å². The number of nitrogens with one attached hydrogen (secondary N) is 2. The first-order valence-corrected chi connectivity index (χ1v) is 7.68. The normalized spacial score (nSPS) is 19.7. The van der Waals surface area contributed by atoms with Crippen molar-refractivity contribution >= 4 is 16.8 Å². The van der Waals surface area contributed by atoms with Crippen LogP contribution in [-0.4, -0.2) is 27.3 Å². The number of fused-ring (bicyclic) bond motifs is 2. The van der Waals surface area contributed by atoms with Crippen molar-refractivity contribution in [2.75, 3.05) is 0 Å². The zero-order chi connectivity index (χ0) is 15.8. The lowest BCUT2D eigenvalue weighted by molar-refractivity contribution is -0.121. The highest BCUT2D eigenvalue weighted by atomic mass is 16.3. The van der Waals surface area contributed by atoms with Crippen molar-refractivity contribution in [3.8, 4) is 0 Å². The summed E-state index contributed by atoms with van der Waals surface area (Å²) in [4.78, 5) is 12.4. The number of hydrogen-bond donors (Lipinski definition) is 3. The van der Waals surface area contributed by atoms with E-state index >= 15 is 0 Å². The van der Waals surface area contributed by atoms with Crippen molar-refractivity contribution in [3.63, 3.8) is 0 Å². The van der Waals surface area contributed by atoms with Crippen LogP contribution in [-0.2, 0) is 17.6 Å². The van der Waals surface area contributed by atoms with Gasteiger partial charge in [0.1, 0.15) is 0 Å². The van der Waals surface area contributed by atoms with E-state index in [0.717, 1.165) is 27.6 Å². The van der Waals surface area contributed by atoms with Gasteiger partial charge in [-0.05, 0) is 28.8 Å². The molecule has 1 aliphatic rings. The molecule has 1 aliphatic carbocycles. The number of rotatable bonds is 3. The molecule has 5 heteroatoms. The zero-order valence-electron chi connectivity index (χ0n) is 12.5. The molecule has 0 aliphatic heterocycles. The Morgan fingerprint density at radius 1 is 1.30 bits per heavy atom. The Balaban J connectivity index is 1.49. The largest absolute Gasteiger partial charge is 0.390 e. The maximum absolute atomic E-state index is 12.4. The molecule has 0 radical (unpaired) electrons. The maximum Gasteiger partial charge on any atom is 0.224 e. The van der Waals surface area contributed by atoms with Crippen LogP contribution < -0.4 is 5.32 Å². The predicted octanol–water partition coefficient (Wildman–Crippen LogP) is 1.88. The van der Waals surface area contributed by atoms with E-state index in [9.17, 15) is 9.90 Å². The van der Waals surface area contributed by atoms with Gasteiger partial charge in [0, 0.05) is 11.8 Å². The molecule has 0 fully saturated rings. The maximum atomic E-state index is 12.4. The molecular formula is C18H17N3O2. The van der Waals surface area contributed by atoms with Crippen molar-refractivity contribution in [3.05, 3.63) is 65.4 Å². The lowest BCUT2D eigenvalue weighted by Gasteiger charge is -2.18. The summed E-state index contributed by atoms with van der Waals surface area (Å²) >= 11 is 0. The number of carbonyl (C=O) groups excluding carboxylic acids is 1. The third-order valence-electron chi connectivity index (χ3n) is 4.39. The van der Waals surface area contributed by atoms with E-state index in [4.69, 9.17) is 0 Å². The van der Waals surface area contributed by atoms with E-state index < -0.39 is 6.10 Å². The second-order valence-electron chi connectivity index (χ2n) is 5.98. The Morgan fingerprint density at radius 2 is 2.17 bits per heavy atom. The Hall–Kier alpha value is -2.66. The highest BCUT2D eigenvalue weighted by Gasteiger charge is 2.31. The van der Waals surface area contributed by atoms with E-state index in [1.807, 2.05) is 42.5 Å². The highest BCUT2D eigenvalue weighted by molar-refractivity contribution is 5.83. The van der Waals surface area contributed by atoms with Gasteiger partial charge in [-0.2, -0.15) is 5.10 Å². The molecule has 0 unspecified atom stereocenters. The Morgan fingerprint density at radius 3 is 3.09 bits per heavy atom. The Kier molecular flexibility index (Phi) is 3.35. The van der Waals surface area contributed by atoms with Gasteiger partial charge in [0.05, 0.1) is 30.3 Å². The number of H-pyrrole nitrogens is 1. The zero-order valence-corrected chi connectivity index (χ0v) is 12.5. The van der Waals surface area contributed by atoms with Crippen molar-refractivity contribution < 1.29 is 9.90 Å². The minimum atomic E-state index is -0.562. The average molecular weight is 307 g/mol. The lowest BCUT2D eigenvalue weighted by Crippen LogP contribution is -2.34. The molecule has 5 nitrogen and oxygen atoms in total. The second kappa shape index (κ2) is 5.52. The quantitative estimate of drug-likeness (QED) is 0.691. The van der Waals surface area contributed by atoms with Crippen LogP contribution in [0.1, 0.15) is 22.7 Å². The van der Waals surface area contributed by atoms with Crippen LogP contribution in [0.4, 0.5) is 0 Å². The van der Waals surface area contributed by atoms with Gasteiger partial charge in [-0.3, -0.25) is 9.89 Å². The summed E-state index contributed by atoms with van der Waals surface area (Å²) in [5, 5.41) is 21.0. The Bertz CT molecular complexity index is 871. The summed E-state index contributed by atoms with van der Waals surface area (Å²) in [6, 6.07) is 13.3. The van der Waals surface area contributed by atoms with Gasteiger partial charge in [-0.1, -0.05) is 30.3 Å². The number of aromatic amines is 1. The van der Waals surface area contributed by atoms with E-state index in [2.05, 4.69) is 15.5 Å². The molecule has 0 spiro atoms. The van der Waals surface area contributed by atoms with Crippen LogP contribution in [0.25, 0.3) is 10.9 Å². The third kappa shape index (κ3) is 2.59. The molecule has 23 heavy (non-hydrogen) atoms. The monoisotopic (exact) mass is 307 g/mol. The first-order chi connectivity index (χ1) is 11.2. The SMILES string of the molecule is O=C(Cc1ccc2[nH]ncc2c1)N[C@@H]1c2ccccc2C[C@@H]1O. The van der Waals surface area contributed by atoms with Crippen LogP contribution in [0.5, 0.6) is 0 Å². The number of amides is 1. The first kappa shape index (κ1) is 14.0. The molecule has 1 aromatic heterocycles. The lowest BCUT2D eigenvalue weighted by atomic mass is 10.1. The standard InChI is InChI=1S/C18H17N3O2/c22-16-9-12-3-1-2-4-14(12)18(16)20-17(23)8-11-5-6-15-13(7-11)10-19-21-15/h1-7,10,16,18,22H,8-9H2,(H,19,21)(H,20,23)/t16-,18+/m0/s1. The van der Waals surface area contributed by atoms with Gasteiger partial charge in [0.25, 0.3) is 0 Å². The number of aliphatic hydroxyl groups excluding tert-OH is 1. The van der Waals surface area contributed by atoms with Gasteiger partial charge in [0.15, 0.2) is 0 Å². The third-order valence-corrected chi connectivity index (χ3v) is 4.39. The van der Waals surface area contributed by atoms with Crippen LogP contribution in [0.3, 0.4) is 0 Å². The second-order valence-corrected chi connectivity index (χ2v) is 5.98. The molecule has 1 amide bonds. The molecule has 4 rings (SSSR count). The molecule has 0 saturated heterocycles. The molecule has 2 atom stereocenters. The average Bonchev–Trinajstić information content (AvgIpc) is 3.12. The fourth-order valence-corrected chi connectivity index (χ4v) is 3.26. The van der Waals surface area contributed by atoms with E-state index in [1.165, 1.54) is 0 Å². The van der Waals surface area contributed by atoms with E-state index in [0.29, 0.717) is 6.42 Å². The fraction of sp³-hybridized carbons (Fsp3) is 0.222. The smallest absolute Gasteiger partial charge is 0.224 e. The molecule has 2 aromatic carbocycles. The summed E-state index contributed by atoms with van der Waals surface area (Å²) in [6.07, 6.45) is 2.05. The summed E-state index contributed by atoms with van der Waals surface area (Å²) in [5.74, 6) is -0.0893. The number of hydrogen-bond acceptors (Lipinski definition) is 3. The minimum Gasteiger partial charge on any atom is -0.390 e. The van der Waals surface area contributed by atoms with Gasteiger partial charge < -0.3 is 10.4 Å². The van der Waals surface area contributed by atoms with Crippen molar-refractivity contribution in [1.82, 2.24) is 15.5 Å². The van der Waals surface area contributed by atoms with Gasteiger partial charge in [-0.15, -0.1) is 0 Å². The summed E-state index contributed by atoms with van der Waals surface area (Å²) < 4.78 is 0. The molecule has 0 bridgehead atoms. The van der Waals surface area contributed by atoms with Crippen molar-refractivity contribution in [2.45, 2.75) is 25.0 Å². The number of nitrogens with zero attached hydrogens (tertiary/aromatic N) is 1. The minimum absolute atomic E-state index is 0.0893. The number of carbonyl (C=O) groups is 1. The summed E-state index contributed by atoms with van der Waals surface area (Å²) in [6.45, 7) is 0. The summed E-state index contributed by atoms with van der Waals surface area (Å²) in [5.41, 5.74) is 4.00. The van der Waals surface area contributed by atoms with Crippen molar-refractivity contribution in [1.29, 1.82) is 0 Å². The molecule has 3 aromatic rings. The topological polar surface area (TPSA) is 78.0 Å². The predicted molar refractivity (Wildman–Crippen MR) is 86.8 cm³/mol. The van der Waals surface area contributed by atoms with E-state index in [-0.39, 0.29) is 18.4 Å². The molecule has 0 saturated carbocycles. The summed E-state index contributed by atoms with van der Waals surface area (Å²) in [7, 11) is 0.